The molecule has 18 heavy (non-hydrogen) atoms. The second kappa shape index (κ2) is 7.13. The summed E-state index contributed by atoms with van der Waals surface area (Å²) in [6.45, 7) is 0. The maximum absolute atomic E-state index is 10.1. The van der Waals surface area contributed by atoms with Gasteiger partial charge in [0.2, 0.25) is 0 Å². The second-order valence-electron chi connectivity index (χ2n) is 4.72. The van der Waals surface area contributed by atoms with E-state index in [1.54, 1.807) is 0 Å². The molecule has 0 radical (unpaired) electrons. The quantitative estimate of drug-likeness (QED) is 0.741. The normalized spacial score (nSPS) is 18.2. The van der Waals surface area contributed by atoms with E-state index in [1.807, 2.05) is 12.1 Å². The van der Waals surface area contributed by atoms with Crippen LogP contribution in [-0.4, -0.2) is 5.11 Å². The Morgan fingerprint density at radius 3 is 2.28 bits per heavy atom. The molecule has 0 aliphatic heterocycles. The summed E-state index contributed by atoms with van der Waals surface area (Å²) < 4.78 is 1.61. The molecular formula is C13H18Br2ClNO. The van der Waals surface area contributed by atoms with Crippen LogP contribution >= 0.6 is 44.3 Å². The number of hydrogen-bond donors (Lipinski definition) is 2. The van der Waals surface area contributed by atoms with Gasteiger partial charge in [0.05, 0.1) is 4.47 Å². The first-order valence-corrected chi connectivity index (χ1v) is 7.62. The molecule has 1 aliphatic carbocycles. The standard InChI is InChI=1S/C13H17Br2NO.ClH/c14-9-6-7-10(15)13(17)11(9)12(16)8-4-2-1-3-5-8;/h6-8,12,17H,1-5,16H2;1H/t12-;/m1./s1. The van der Waals surface area contributed by atoms with E-state index in [2.05, 4.69) is 31.9 Å². The molecule has 1 fully saturated rings. The number of phenolic OH excluding ortho intramolecular Hbond substituents is 1. The van der Waals surface area contributed by atoms with Crippen LogP contribution < -0.4 is 5.73 Å². The van der Waals surface area contributed by atoms with Crippen LogP contribution in [0.15, 0.2) is 21.1 Å². The molecule has 3 N–H and O–H groups in total. The molecule has 2 rings (SSSR count). The first-order valence-electron chi connectivity index (χ1n) is 6.03. The zero-order valence-corrected chi connectivity index (χ0v) is 14.0. The molecule has 0 heterocycles. The fourth-order valence-electron chi connectivity index (χ4n) is 2.60. The number of aromatic hydroxyl groups is 1. The van der Waals surface area contributed by atoms with Gasteiger partial charge in [-0.05, 0) is 46.8 Å². The number of hydrogen-bond acceptors (Lipinski definition) is 2. The zero-order valence-electron chi connectivity index (χ0n) is 10.0. The summed E-state index contributed by atoms with van der Waals surface area (Å²) in [5.74, 6) is 0.762. The van der Waals surface area contributed by atoms with Gasteiger partial charge in [-0.2, -0.15) is 0 Å². The minimum absolute atomic E-state index is 0. The average Bonchev–Trinajstić information content (AvgIpc) is 2.35. The fraction of sp³-hybridized carbons (Fsp3) is 0.538. The van der Waals surface area contributed by atoms with Gasteiger partial charge in [0.25, 0.3) is 0 Å². The van der Waals surface area contributed by atoms with Crippen LogP contribution in [0.4, 0.5) is 0 Å². The molecule has 1 aromatic carbocycles. The van der Waals surface area contributed by atoms with Gasteiger partial charge < -0.3 is 10.8 Å². The third-order valence-electron chi connectivity index (χ3n) is 3.61. The molecular weight excluding hydrogens is 381 g/mol. The topological polar surface area (TPSA) is 46.2 Å². The lowest BCUT2D eigenvalue weighted by Crippen LogP contribution is -2.24. The van der Waals surface area contributed by atoms with Gasteiger partial charge in [-0.3, -0.25) is 0 Å². The Morgan fingerprint density at radius 1 is 1.11 bits per heavy atom. The summed E-state index contributed by atoms with van der Waals surface area (Å²) in [5, 5.41) is 10.1. The number of halogens is 3. The Bertz CT molecular complexity index is 408. The number of benzene rings is 1. The highest BCUT2D eigenvalue weighted by atomic mass is 79.9. The molecule has 0 aromatic heterocycles. The molecule has 1 atom stereocenters. The summed E-state index contributed by atoms with van der Waals surface area (Å²) in [7, 11) is 0. The Morgan fingerprint density at radius 2 is 1.67 bits per heavy atom. The predicted octanol–water partition coefficient (Wildman–Crippen LogP) is 4.92. The molecule has 0 unspecified atom stereocenters. The molecule has 102 valence electrons. The van der Waals surface area contributed by atoms with Crippen molar-refractivity contribution in [1.29, 1.82) is 0 Å². The lowest BCUT2D eigenvalue weighted by Gasteiger charge is -2.29. The molecule has 1 aliphatic rings. The van der Waals surface area contributed by atoms with Crippen molar-refractivity contribution >= 4 is 44.3 Å². The maximum atomic E-state index is 10.1. The Hall–Kier alpha value is 0.230. The molecule has 1 saturated carbocycles. The number of phenols is 1. The number of rotatable bonds is 2. The average molecular weight is 400 g/mol. The van der Waals surface area contributed by atoms with Crippen LogP contribution in [0.3, 0.4) is 0 Å². The van der Waals surface area contributed by atoms with Gasteiger partial charge in [-0.1, -0.05) is 35.2 Å². The van der Waals surface area contributed by atoms with Crippen LogP contribution in [0, 0.1) is 5.92 Å². The summed E-state index contributed by atoms with van der Waals surface area (Å²) >= 11 is 6.83. The lowest BCUT2D eigenvalue weighted by molar-refractivity contribution is 0.302. The predicted molar refractivity (Wildman–Crippen MR) is 84.3 cm³/mol. The van der Waals surface area contributed by atoms with Gasteiger partial charge >= 0.3 is 0 Å². The van der Waals surface area contributed by atoms with Gasteiger partial charge in [-0.25, -0.2) is 0 Å². The molecule has 0 spiro atoms. The summed E-state index contributed by atoms with van der Waals surface area (Å²) in [6, 6.07) is 3.68. The van der Waals surface area contributed by atoms with E-state index in [0.29, 0.717) is 10.4 Å². The van der Waals surface area contributed by atoms with Crippen LogP contribution in [0.2, 0.25) is 0 Å². The highest BCUT2D eigenvalue weighted by Gasteiger charge is 2.26. The van der Waals surface area contributed by atoms with E-state index in [1.165, 1.54) is 32.1 Å². The maximum Gasteiger partial charge on any atom is 0.135 e. The van der Waals surface area contributed by atoms with Gasteiger partial charge in [0.1, 0.15) is 5.75 Å². The van der Waals surface area contributed by atoms with Gasteiger partial charge in [0.15, 0.2) is 0 Å². The minimum atomic E-state index is -0.0813. The third kappa shape index (κ3) is 3.41. The van der Waals surface area contributed by atoms with Crippen LogP contribution in [0.1, 0.15) is 43.7 Å². The Kier molecular flexibility index (Phi) is 6.45. The van der Waals surface area contributed by atoms with Gasteiger partial charge in [0, 0.05) is 16.1 Å². The first-order chi connectivity index (χ1) is 8.11. The largest absolute Gasteiger partial charge is 0.506 e. The second-order valence-corrected chi connectivity index (χ2v) is 6.42. The van der Waals surface area contributed by atoms with Crippen molar-refractivity contribution in [2.24, 2.45) is 11.7 Å². The SMILES string of the molecule is Cl.N[C@@H](c1c(Br)ccc(Br)c1O)C1CCCCC1. The van der Waals surface area contributed by atoms with Crippen molar-refractivity contribution in [1.82, 2.24) is 0 Å². The van der Waals surface area contributed by atoms with E-state index >= 15 is 0 Å². The van der Waals surface area contributed by atoms with E-state index in [-0.39, 0.29) is 24.2 Å². The van der Waals surface area contributed by atoms with E-state index in [4.69, 9.17) is 5.73 Å². The highest BCUT2D eigenvalue weighted by molar-refractivity contribution is 9.11. The Labute approximate surface area is 131 Å². The van der Waals surface area contributed by atoms with Gasteiger partial charge in [-0.15, -0.1) is 12.4 Å². The molecule has 2 nitrogen and oxygen atoms in total. The summed E-state index contributed by atoms with van der Waals surface area (Å²) in [4.78, 5) is 0. The summed E-state index contributed by atoms with van der Waals surface area (Å²) in [6.07, 6.45) is 6.16. The van der Waals surface area contributed by atoms with E-state index < -0.39 is 0 Å². The summed E-state index contributed by atoms with van der Waals surface area (Å²) in [5.41, 5.74) is 7.17. The minimum Gasteiger partial charge on any atom is -0.506 e. The number of nitrogens with two attached hydrogens (primary N) is 1. The highest BCUT2D eigenvalue weighted by Crippen LogP contribution is 2.42. The van der Waals surface area contributed by atoms with Crippen LogP contribution in [0.25, 0.3) is 0 Å². The third-order valence-corrected chi connectivity index (χ3v) is 4.94. The lowest BCUT2D eigenvalue weighted by atomic mass is 9.81. The molecule has 0 bridgehead atoms. The molecule has 5 heteroatoms. The monoisotopic (exact) mass is 397 g/mol. The Balaban J connectivity index is 0.00000162. The van der Waals surface area contributed by atoms with Crippen molar-refractivity contribution in [3.05, 3.63) is 26.6 Å². The molecule has 0 amide bonds. The molecule has 0 saturated heterocycles. The smallest absolute Gasteiger partial charge is 0.135 e. The molecule has 1 aromatic rings. The van der Waals surface area contributed by atoms with Crippen molar-refractivity contribution in [2.75, 3.05) is 0 Å². The van der Waals surface area contributed by atoms with Crippen molar-refractivity contribution in [3.63, 3.8) is 0 Å². The fourth-order valence-corrected chi connectivity index (χ4v) is 3.53. The first kappa shape index (κ1) is 16.3. The van der Waals surface area contributed by atoms with Crippen molar-refractivity contribution in [3.8, 4) is 5.75 Å². The van der Waals surface area contributed by atoms with Crippen LogP contribution in [-0.2, 0) is 0 Å². The van der Waals surface area contributed by atoms with Crippen LogP contribution in [0.5, 0.6) is 5.75 Å². The zero-order chi connectivity index (χ0) is 12.4. The van der Waals surface area contributed by atoms with E-state index in [0.717, 1.165) is 10.0 Å². The van der Waals surface area contributed by atoms with Crippen molar-refractivity contribution < 1.29 is 5.11 Å². The van der Waals surface area contributed by atoms with E-state index in [9.17, 15) is 5.11 Å². The van der Waals surface area contributed by atoms with Crippen molar-refractivity contribution in [2.45, 2.75) is 38.1 Å².